The predicted molar refractivity (Wildman–Crippen MR) is 88.2 cm³/mol. The molecule has 0 aliphatic carbocycles. The Morgan fingerprint density at radius 2 is 2.35 bits per heavy atom. The van der Waals surface area contributed by atoms with Crippen LogP contribution in [-0.2, 0) is 4.79 Å². The van der Waals surface area contributed by atoms with E-state index in [9.17, 15) is 4.79 Å². The zero-order valence-electron chi connectivity index (χ0n) is 13.2. The lowest BCUT2D eigenvalue weighted by Crippen LogP contribution is -2.39. The highest BCUT2D eigenvalue weighted by molar-refractivity contribution is 6.30. The van der Waals surface area contributed by atoms with Gasteiger partial charge in [-0.1, -0.05) is 35.8 Å². The minimum absolute atomic E-state index is 0.116. The van der Waals surface area contributed by atoms with Crippen molar-refractivity contribution in [3.05, 3.63) is 35.2 Å². The number of hydrogen-bond acceptors (Lipinski definition) is 4. The Labute approximate surface area is 140 Å². The highest BCUT2D eigenvalue weighted by atomic mass is 35.5. The van der Waals surface area contributed by atoms with Crippen molar-refractivity contribution in [2.24, 2.45) is 0 Å². The highest BCUT2D eigenvalue weighted by Crippen LogP contribution is 2.28. The molecule has 1 saturated heterocycles. The number of nitrogens with zero attached hydrogens (tertiary/aromatic N) is 3. The van der Waals surface area contributed by atoms with E-state index in [4.69, 9.17) is 16.1 Å². The number of rotatable bonds is 4. The maximum absolute atomic E-state index is 12.1. The number of aromatic nitrogens is 2. The molecule has 5 nitrogen and oxygen atoms in total. The summed E-state index contributed by atoms with van der Waals surface area (Å²) in [5.41, 5.74) is 0.835. The van der Waals surface area contributed by atoms with Crippen LogP contribution in [0.4, 0.5) is 0 Å². The zero-order valence-corrected chi connectivity index (χ0v) is 13.9. The van der Waals surface area contributed by atoms with E-state index in [1.165, 1.54) is 0 Å². The summed E-state index contributed by atoms with van der Waals surface area (Å²) in [6.45, 7) is 3.51. The van der Waals surface area contributed by atoms with Gasteiger partial charge in [0.1, 0.15) is 0 Å². The Hall–Kier alpha value is -1.88. The second-order valence-electron chi connectivity index (χ2n) is 5.90. The summed E-state index contributed by atoms with van der Waals surface area (Å²) < 4.78 is 5.44. The molecule has 1 atom stereocenters. The van der Waals surface area contributed by atoms with Gasteiger partial charge in [-0.25, -0.2) is 0 Å². The summed E-state index contributed by atoms with van der Waals surface area (Å²) in [7, 11) is 0. The molecule has 1 unspecified atom stereocenters. The molecular weight excluding hydrogens is 314 g/mol. The first-order chi connectivity index (χ1) is 11.2. The molecule has 2 aromatic rings. The third kappa shape index (κ3) is 3.72. The summed E-state index contributed by atoms with van der Waals surface area (Å²) in [6.07, 6.45) is 3.41. The molecule has 1 aliphatic rings. The van der Waals surface area contributed by atoms with Gasteiger partial charge in [0.15, 0.2) is 0 Å². The molecule has 1 aliphatic heterocycles. The molecule has 0 saturated carbocycles. The maximum Gasteiger partial charge on any atom is 0.231 e. The van der Waals surface area contributed by atoms with E-state index < -0.39 is 0 Å². The molecule has 1 aromatic carbocycles. The van der Waals surface area contributed by atoms with Crippen LogP contribution in [0.2, 0.25) is 5.02 Å². The van der Waals surface area contributed by atoms with Crippen molar-refractivity contribution in [1.82, 2.24) is 15.0 Å². The molecule has 2 heterocycles. The first-order valence-electron chi connectivity index (χ1n) is 8.04. The second kappa shape index (κ2) is 7.13. The zero-order chi connectivity index (χ0) is 16.2. The summed E-state index contributed by atoms with van der Waals surface area (Å²) >= 11 is 6.00. The van der Waals surface area contributed by atoms with Gasteiger partial charge in [-0.3, -0.25) is 4.79 Å². The van der Waals surface area contributed by atoms with Crippen LogP contribution in [0.1, 0.15) is 44.4 Å². The van der Waals surface area contributed by atoms with E-state index in [0.717, 1.165) is 31.4 Å². The Morgan fingerprint density at radius 3 is 3.13 bits per heavy atom. The van der Waals surface area contributed by atoms with Crippen molar-refractivity contribution in [2.75, 3.05) is 13.1 Å². The minimum atomic E-state index is 0.116. The van der Waals surface area contributed by atoms with Crippen LogP contribution in [0.3, 0.4) is 0 Å². The Bertz CT molecular complexity index is 686. The largest absolute Gasteiger partial charge is 0.342 e. The van der Waals surface area contributed by atoms with Gasteiger partial charge in [-0.15, -0.1) is 0 Å². The SMILES string of the molecule is CCCC(=O)N1CCCC(c2nc(-c3cccc(Cl)c3)no2)C1. The van der Waals surface area contributed by atoms with Crippen LogP contribution >= 0.6 is 11.6 Å². The first kappa shape index (κ1) is 16.0. The average Bonchev–Trinajstić information content (AvgIpc) is 3.05. The topological polar surface area (TPSA) is 59.2 Å². The van der Waals surface area contributed by atoms with Gasteiger partial charge in [0.2, 0.25) is 17.6 Å². The molecule has 6 heteroatoms. The molecule has 1 fully saturated rings. The lowest BCUT2D eigenvalue weighted by molar-refractivity contribution is -0.132. The number of amides is 1. The minimum Gasteiger partial charge on any atom is -0.342 e. The molecule has 0 bridgehead atoms. The lowest BCUT2D eigenvalue weighted by Gasteiger charge is -2.31. The van der Waals surface area contributed by atoms with Gasteiger partial charge in [-0.2, -0.15) is 4.98 Å². The molecule has 1 aromatic heterocycles. The Morgan fingerprint density at radius 1 is 1.48 bits per heavy atom. The van der Waals surface area contributed by atoms with Crippen molar-refractivity contribution in [1.29, 1.82) is 0 Å². The van der Waals surface area contributed by atoms with E-state index in [2.05, 4.69) is 10.1 Å². The highest BCUT2D eigenvalue weighted by Gasteiger charge is 2.28. The monoisotopic (exact) mass is 333 g/mol. The van der Waals surface area contributed by atoms with Crippen LogP contribution in [0, 0.1) is 0 Å². The Balaban J connectivity index is 1.73. The predicted octanol–water partition coefficient (Wildman–Crippen LogP) is 3.90. The molecule has 1 amide bonds. The fraction of sp³-hybridized carbons (Fsp3) is 0.471. The number of halogens is 1. The molecule has 0 radical (unpaired) electrons. The molecule has 23 heavy (non-hydrogen) atoms. The van der Waals surface area contributed by atoms with E-state index in [-0.39, 0.29) is 11.8 Å². The number of hydrogen-bond donors (Lipinski definition) is 0. The summed E-state index contributed by atoms with van der Waals surface area (Å²) in [5.74, 6) is 1.48. The molecule has 0 spiro atoms. The average molecular weight is 334 g/mol. The smallest absolute Gasteiger partial charge is 0.231 e. The number of benzene rings is 1. The van der Waals surface area contributed by atoms with Crippen LogP contribution < -0.4 is 0 Å². The van der Waals surface area contributed by atoms with Crippen molar-refractivity contribution in [3.63, 3.8) is 0 Å². The number of likely N-dealkylation sites (tertiary alicyclic amines) is 1. The van der Waals surface area contributed by atoms with Crippen molar-refractivity contribution in [2.45, 2.75) is 38.5 Å². The van der Waals surface area contributed by atoms with E-state index in [1.54, 1.807) is 0 Å². The van der Waals surface area contributed by atoms with Crippen LogP contribution in [0.15, 0.2) is 28.8 Å². The van der Waals surface area contributed by atoms with Gasteiger partial charge >= 0.3 is 0 Å². The normalized spacial score (nSPS) is 18.2. The second-order valence-corrected chi connectivity index (χ2v) is 6.33. The van der Waals surface area contributed by atoms with E-state index in [0.29, 0.717) is 29.7 Å². The van der Waals surface area contributed by atoms with E-state index >= 15 is 0 Å². The molecule has 122 valence electrons. The maximum atomic E-state index is 12.1. The molecular formula is C17H20ClN3O2. The summed E-state index contributed by atoms with van der Waals surface area (Å²) in [6, 6.07) is 7.39. The number of carbonyl (C=O) groups excluding carboxylic acids is 1. The summed E-state index contributed by atoms with van der Waals surface area (Å²) in [4.78, 5) is 18.5. The van der Waals surface area contributed by atoms with Gasteiger partial charge < -0.3 is 9.42 Å². The fourth-order valence-electron chi connectivity index (χ4n) is 2.92. The van der Waals surface area contributed by atoms with Crippen molar-refractivity contribution in [3.8, 4) is 11.4 Å². The molecule has 3 rings (SSSR count). The van der Waals surface area contributed by atoms with Crippen LogP contribution in [0.25, 0.3) is 11.4 Å². The van der Waals surface area contributed by atoms with Crippen LogP contribution in [-0.4, -0.2) is 34.0 Å². The van der Waals surface area contributed by atoms with Gasteiger partial charge in [-0.05, 0) is 31.4 Å². The third-order valence-corrected chi connectivity index (χ3v) is 4.35. The van der Waals surface area contributed by atoms with Crippen LogP contribution in [0.5, 0.6) is 0 Å². The van der Waals surface area contributed by atoms with Gasteiger partial charge in [0, 0.05) is 30.1 Å². The van der Waals surface area contributed by atoms with Crippen molar-refractivity contribution < 1.29 is 9.32 Å². The third-order valence-electron chi connectivity index (χ3n) is 4.11. The quantitative estimate of drug-likeness (QED) is 0.851. The molecule has 0 N–H and O–H groups in total. The Kier molecular flexibility index (Phi) is 4.96. The van der Waals surface area contributed by atoms with Gasteiger partial charge in [0.05, 0.1) is 5.92 Å². The number of piperidine rings is 1. The first-order valence-corrected chi connectivity index (χ1v) is 8.42. The lowest BCUT2D eigenvalue weighted by atomic mass is 9.97. The van der Waals surface area contributed by atoms with Crippen molar-refractivity contribution >= 4 is 17.5 Å². The fourth-order valence-corrected chi connectivity index (χ4v) is 3.11. The van der Waals surface area contributed by atoms with Gasteiger partial charge in [0.25, 0.3) is 0 Å². The number of carbonyl (C=O) groups is 1. The standard InChI is InChI=1S/C17H20ClN3O2/c1-2-5-15(22)21-9-4-7-13(11-21)17-19-16(20-23-17)12-6-3-8-14(18)10-12/h3,6,8,10,13H,2,4-5,7,9,11H2,1H3. The summed E-state index contributed by atoms with van der Waals surface area (Å²) in [5, 5.41) is 4.70. The van der Waals surface area contributed by atoms with E-state index in [1.807, 2.05) is 36.1 Å².